The number of aromatic nitrogens is 2. The molecule has 2 unspecified atom stereocenters. The zero-order valence-corrected chi connectivity index (χ0v) is 10.1. The van der Waals surface area contributed by atoms with Gasteiger partial charge in [0, 0.05) is 13.6 Å². The molecule has 2 N–H and O–H groups in total. The van der Waals surface area contributed by atoms with Crippen LogP contribution in [0.25, 0.3) is 0 Å². The van der Waals surface area contributed by atoms with Gasteiger partial charge in [0.25, 0.3) is 5.91 Å². The largest absolute Gasteiger partial charge is 0.393 e. The molecular weight excluding hydrogens is 218 g/mol. The Hall–Kier alpha value is -1.36. The molecule has 1 aliphatic carbocycles. The number of carbonyl (C=O) groups excluding carboxylic acids is 1. The van der Waals surface area contributed by atoms with Crippen LogP contribution in [0, 0.1) is 5.92 Å². The molecule has 5 nitrogen and oxygen atoms in total. The highest BCUT2D eigenvalue weighted by atomic mass is 16.3. The maximum Gasteiger partial charge on any atom is 0.269 e. The summed E-state index contributed by atoms with van der Waals surface area (Å²) in [5.74, 6) is 0.306. The van der Waals surface area contributed by atoms with E-state index in [-0.39, 0.29) is 12.0 Å². The molecule has 17 heavy (non-hydrogen) atoms. The first-order chi connectivity index (χ1) is 8.16. The average molecular weight is 237 g/mol. The van der Waals surface area contributed by atoms with Crippen LogP contribution in [0.1, 0.15) is 36.2 Å². The van der Waals surface area contributed by atoms with Crippen LogP contribution in [-0.4, -0.2) is 33.2 Å². The zero-order valence-electron chi connectivity index (χ0n) is 10.1. The van der Waals surface area contributed by atoms with Crippen molar-refractivity contribution in [2.75, 3.05) is 6.54 Å². The van der Waals surface area contributed by atoms with E-state index < -0.39 is 0 Å². The second kappa shape index (κ2) is 5.31. The van der Waals surface area contributed by atoms with Crippen molar-refractivity contribution in [3.05, 3.63) is 18.2 Å². The molecule has 2 rings (SSSR count). The molecule has 5 heteroatoms. The van der Waals surface area contributed by atoms with Gasteiger partial charge in [-0.15, -0.1) is 0 Å². The Kier molecular flexibility index (Phi) is 3.78. The number of aliphatic hydroxyl groups is 1. The Morgan fingerprint density at radius 2 is 2.47 bits per heavy atom. The van der Waals surface area contributed by atoms with Crippen LogP contribution in [0.2, 0.25) is 0 Å². The van der Waals surface area contributed by atoms with Gasteiger partial charge in [0.2, 0.25) is 0 Å². The van der Waals surface area contributed by atoms with Gasteiger partial charge in [0.15, 0.2) is 0 Å². The third-order valence-electron chi connectivity index (χ3n) is 3.36. The summed E-state index contributed by atoms with van der Waals surface area (Å²) < 4.78 is 1.70. The van der Waals surface area contributed by atoms with Crippen LogP contribution in [0.3, 0.4) is 0 Å². The van der Waals surface area contributed by atoms with Crippen molar-refractivity contribution in [3.8, 4) is 0 Å². The minimum absolute atomic E-state index is 0.0925. The predicted molar refractivity (Wildman–Crippen MR) is 63.5 cm³/mol. The number of carbonyl (C=O) groups is 1. The lowest BCUT2D eigenvalue weighted by Gasteiger charge is -2.25. The Morgan fingerprint density at radius 1 is 1.65 bits per heavy atom. The number of amides is 1. The molecule has 1 aromatic heterocycles. The summed E-state index contributed by atoms with van der Waals surface area (Å²) in [5, 5.41) is 12.5. The van der Waals surface area contributed by atoms with Crippen molar-refractivity contribution < 1.29 is 9.90 Å². The van der Waals surface area contributed by atoms with Gasteiger partial charge in [-0.1, -0.05) is 6.42 Å². The normalized spacial score (nSPS) is 24.6. The van der Waals surface area contributed by atoms with E-state index in [1.807, 2.05) is 0 Å². The van der Waals surface area contributed by atoms with Crippen LogP contribution in [0.15, 0.2) is 12.5 Å². The van der Waals surface area contributed by atoms with Gasteiger partial charge in [0.1, 0.15) is 5.69 Å². The van der Waals surface area contributed by atoms with Crippen LogP contribution in [0.4, 0.5) is 0 Å². The predicted octanol–water partition coefficient (Wildman–Crippen LogP) is 0.701. The fourth-order valence-electron chi connectivity index (χ4n) is 2.35. The number of hydrogen-bond donors (Lipinski definition) is 2. The maximum atomic E-state index is 11.8. The number of nitrogens with zero attached hydrogens (tertiary/aromatic N) is 2. The lowest BCUT2D eigenvalue weighted by molar-refractivity contribution is 0.0868. The van der Waals surface area contributed by atoms with Gasteiger partial charge < -0.3 is 15.0 Å². The quantitative estimate of drug-likeness (QED) is 0.813. The van der Waals surface area contributed by atoms with E-state index in [1.165, 1.54) is 0 Å². The lowest BCUT2D eigenvalue weighted by Crippen LogP contribution is -2.33. The molecule has 0 spiro atoms. The summed E-state index contributed by atoms with van der Waals surface area (Å²) in [7, 11) is 1.80. The first-order valence-electron chi connectivity index (χ1n) is 6.09. The number of rotatable bonds is 3. The highest BCUT2D eigenvalue weighted by Gasteiger charge is 2.21. The lowest BCUT2D eigenvalue weighted by atomic mass is 9.87. The molecule has 0 bridgehead atoms. The van der Waals surface area contributed by atoms with E-state index in [0.29, 0.717) is 18.2 Å². The smallest absolute Gasteiger partial charge is 0.269 e. The van der Waals surface area contributed by atoms with Gasteiger partial charge >= 0.3 is 0 Å². The summed E-state index contributed by atoms with van der Waals surface area (Å²) in [6.07, 6.45) is 6.81. The van der Waals surface area contributed by atoms with Crippen molar-refractivity contribution >= 4 is 5.91 Å². The van der Waals surface area contributed by atoms with Gasteiger partial charge in [-0.3, -0.25) is 4.79 Å². The SMILES string of the molecule is Cn1cncc1C(=O)NCC1CCCC(O)C1. The minimum Gasteiger partial charge on any atom is -0.393 e. The second-order valence-corrected chi connectivity index (χ2v) is 4.79. The van der Waals surface area contributed by atoms with E-state index in [2.05, 4.69) is 10.3 Å². The monoisotopic (exact) mass is 237 g/mol. The van der Waals surface area contributed by atoms with E-state index in [1.54, 1.807) is 24.1 Å². The van der Waals surface area contributed by atoms with E-state index >= 15 is 0 Å². The van der Waals surface area contributed by atoms with E-state index in [0.717, 1.165) is 25.7 Å². The van der Waals surface area contributed by atoms with Crippen LogP contribution in [0.5, 0.6) is 0 Å². The molecule has 1 heterocycles. The molecule has 1 saturated carbocycles. The molecule has 1 amide bonds. The molecule has 1 aliphatic rings. The first kappa shape index (κ1) is 12.1. The van der Waals surface area contributed by atoms with Crippen LogP contribution in [-0.2, 0) is 7.05 Å². The van der Waals surface area contributed by atoms with E-state index in [4.69, 9.17) is 0 Å². The zero-order chi connectivity index (χ0) is 12.3. The second-order valence-electron chi connectivity index (χ2n) is 4.79. The van der Waals surface area contributed by atoms with Gasteiger partial charge in [-0.2, -0.15) is 0 Å². The summed E-state index contributed by atoms with van der Waals surface area (Å²) in [5.41, 5.74) is 0.571. The fraction of sp³-hybridized carbons (Fsp3) is 0.667. The highest BCUT2D eigenvalue weighted by Crippen LogP contribution is 2.23. The minimum atomic E-state index is -0.192. The van der Waals surface area contributed by atoms with Crippen LogP contribution < -0.4 is 5.32 Å². The number of imidazole rings is 1. The Labute approximate surface area is 101 Å². The molecule has 1 fully saturated rings. The number of nitrogens with one attached hydrogen (secondary N) is 1. The molecule has 0 radical (unpaired) electrons. The number of aliphatic hydroxyl groups excluding tert-OH is 1. The molecule has 0 saturated heterocycles. The van der Waals surface area contributed by atoms with Gasteiger partial charge in [0.05, 0.1) is 18.6 Å². The highest BCUT2D eigenvalue weighted by molar-refractivity contribution is 5.92. The van der Waals surface area contributed by atoms with E-state index in [9.17, 15) is 9.90 Å². The topological polar surface area (TPSA) is 67.2 Å². The third kappa shape index (κ3) is 3.06. The van der Waals surface area contributed by atoms with Crippen molar-refractivity contribution in [2.24, 2.45) is 13.0 Å². The van der Waals surface area contributed by atoms with Gasteiger partial charge in [-0.25, -0.2) is 4.98 Å². The Morgan fingerprint density at radius 3 is 3.12 bits per heavy atom. The van der Waals surface area contributed by atoms with Crippen molar-refractivity contribution in [3.63, 3.8) is 0 Å². The third-order valence-corrected chi connectivity index (χ3v) is 3.36. The summed E-state index contributed by atoms with van der Waals surface area (Å²) >= 11 is 0. The fourth-order valence-corrected chi connectivity index (χ4v) is 2.35. The number of hydrogen-bond acceptors (Lipinski definition) is 3. The molecule has 1 aromatic rings. The standard InChI is InChI=1S/C12H19N3O2/c1-15-8-13-7-11(15)12(17)14-6-9-3-2-4-10(16)5-9/h7-10,16H,2-6H2,1H3,(H,14,17). The average Bonchev–Trinajstić information content (AvgIpc) is 2.72. The maximum absolute atomic E-state index is 11.8. The molecule has 2 atom stereocenters. The first-order valence-corrected chi connectivity index (χ1v) is 6.09. The molecule has 0 aromatic carbocycles. The van der Waals surface area contributed by atoms with Crippen molar-refractivity contribution in [2.45, 2.75) is 31.8 Å². The Balaban J connectivity index is 1.82. The summed E-state index contributed by atoms with van der Waals surface area (Å²) in [6.45, 7) is 0.640. The summed E-state index contributed by atoms with van der Waals surface area (Å²) in [6, 6.07) is 0. The number of aryl methyl sites for hydroxylation is 1. The summed E-state index contributed by atoms with van der Waals surface area (Å²) in [4.78, 5) is 15.7. The molecule has 94 valence electrons. The Bertz CT molecular complexity index is 389. The molecular formula is C12H19N3O2. The van der Waals surface area contributed by atoms with Crippen LogP contribution >= 0.6 is 0 Å². The molecule has 0 aliphatic heterocycles. The van der Waals surface area contributed by atoms with Crippen molar-refractivity contribution in [1.82, 2.24) is 14.9 Å². The van der Waals surface area contributed by atoms with Gasteiger partial charge in [-0.05, 0) is 25.2 Å². The van der Waals surface area contributed by atoms with Crippen molar-refractivity contribution in [1.29, 1.82) is 0 Å².